The Balaban J connectivity index is 3.76. The Morgan fingerprint density at radius 1 is 1.67 bits per heavy atom. The Bertz CT molecular complexity index is 197. The van der Waals surface area contributed by atoms with Gasteiger partial charge in [-0.05, 0) is 19.3 Å². The Hall–Kier alpha value is -1.12. The lowest BCUT2D eigenvalue weighted by Gasteiger charge is -2.04. The van der Waals surface area contributed by atoms with Gasteiger partial charge in [-0.2, -0.15) is 0 Å². The monoisotopic (exact) mass is 169 g/mol. The maximum Gasteiger partial charge on any atom is 0.309 e. The van der Waals surface area contributed by atoms with Crippen LogP contribution in [0.5, 0.6) is 0 Å². The van der Waals surface area contributed by atoms with Gasteiger partial charge in [-0.15, -0.1) is 0 Å². The number of carboxylic acid groups (broad SMARTS) is 1. The smallest absolute Gasteiger partial charge is 0.309 e. The molecule has 3 heteroatoms. The summed E-state index contributed by atoms with van der Waals surface area (Å²) in [5.74, 6) is -0.658. The maximum absolute atomic E-state index is 10.2. The molecule has 0 aromatic carbocycles. The second-order valence-corrected chi connectivity index (χ2v) is 2.88. The molecular formula is C9H15NO2. The van der Waals surface area contributed by atoms with Crippen molar-refractivity contribution in [1.82, 2.24) is 0 Å². The van der Waals surface area contributed by atoms with E-state index in [2.05, 4.69) is 0 Å². The van der Waals surface area contributed by atoms with E-state index in [4.69, 9.17) is 10.5 Å². The van der Waals surface area contributed by atoms with Crippen LogP contribution in [0.15, 0.2) is 12.2 Å². The van der Waals surface area contributed by atoms with Crippen LogP contribution in [0.1, 0.15) is 26.7 Å². The van der Waals surface area contributed by atoms with Gasteiger partial charge < -0.3 is 10.5 Å². The molecule has 0 radical (unpaired) electrons. The summed E-state index contributed by atoms with van der Waals surface area (Å²) in [5.41, 5.74) is 0.285. The highest BCUT2D eigenvalue weighted by Gasteiger charge is 2.06. The number of allylic oxidation sites excluding steroid dienone is 2. The summed E-state index contributed by atoms with van der Waals surface area (Å²) in [6.07, 6.45) is 4.29. The lowest BCUT2D eigenvalue weighted by molar-refractivity contribution is -0.135. The SMILES string of the molecule is CC=CC(C)CC(=N)CC(=O)O. The molecule has 0 fully saturated rings. The third kappa shape index (κ3) is 5.65. The molecule has 0 aliphatic rings. The first-order valence-corrected chi connectivity index (χ1v) is 3.97. The number of rotatable bonds is 5. The summed E-state index contributed by atoms with van der Waals surface area (Å²) < 4.78 is 0. The van der Waals surface area contributed by atoms with Crippen molar-refractivity contribution < 1.29 is 9.90 Å². The molecule has 1 unspecified atom stereocenters. The Morgan fingerprint density at radius 2 is 2.25 bits per heavy atom. The number of hydrogen-bond donors (Lipinski definition) is 2. The van der Waals surface area contributed by atoms with Crippen molar-refractivity contribution in [3.63, 3.8) is 0 Å². The minimum atomic E-state index is -0.923. The minimum absolute atomic E-state index is 0.137. The summed E-state index contributed by atoms with van der Waals surface area (Å²) >= 11 is 0. The summed E-state index contributed by atoms with van der Waals surface area (Å²) in [6, 6.07) is 0. The molecule has 0 saturated carbocycles. The zero-order valence-corrected chi connectivity index (χ0v) is 7.50. The van der Waals surface area contributed by atoms with E-state index in [9.17, 15) is 4.79 Å². The van der Waals surface area contributed by atoms with E-state index in [1.165, 1.54) is 0 Å². The average Bonchev–Trinajstić information content (AvgIpc) is 1.84. The summed E-state index contributed by atoms with van der Waals surface area (Å²) in [5, 5.41) is 15.7. The van der Waals surface area contributed by atoms with Crippen LogP contribution in [0, 0.1) is 11.3 Å². The first-order chi connectivity index (χ1) is 5.56. The van der Waals surface area contributed by atoms with Gasteiger partial charge in [-0.3, -0.25) is 4.79 Å². The maximum atomic E-state index is 10.2. The van der Waals surface area contributed by atoms with Crippen molar-refractivity contribution >= 4 is 11.7 Å². The molecule has 0 aromatic heterocycles. The van der Waals surface area contributed by atoms with Crippen LogP contribution in [-0.2, 0) is 4.79 Å². The van der Waals surface area contributed by atoms with Gasteiger partial charge in [0.05, 0.1) is 6.42 Å². The molecule has 12 heavy (non-hydrogen) atoms. The van der Waals surface area contributed by atoms with Crippen LogP contribution < -0.4 is 0 Å². The van der Waals surface area contributed by atoms with E-state index in [-0.39, 0.29) is 18.1 Å². The topological polar surface area (TPSA) is 61.2 Å². The predicted molar refractivity (Wildman–Crippen MR) is 48.6 cm³/mol. The summed E-state index contributed by atoms with van der Waals surface area (Å²) in [7, 11) is 0. The molecule has 0 amide bonds. The second kappa shape index (κ2) is 5.52. The first-order valence-electron chi connectivity index (χ1n) is 3.97. The van der Waals surface area contributed by atoms with Gasteiger partial charge in [0.15, 0.2) is 0 Å². The van der Waals surface area contributed by atoms with Crippen LogP contribution >= 0.6 is 0 Å². The molecule has 0 bridgehead atoms. The highest BCUT2D eigenvalue weighted by Crippen LogP contribution is 2.06. The second-order valence-electron chi connectivity index (χ2n) is 2.88. The van der Waals surface area contributed by atoms with Crippen LogP contribution in [-0.4, -0.2) is 16.8 Å². The van der Waals surface area contributed by atoms with Crippen molar-refractivity contribution in [3.05, 3.63) is 12.2 Å². The van der Waals surface area contributed by atoms with Gasteiger partial charge >= 0.3 is 5.97 Å². The van der Waals surface area contributed by atoms with Crippen LogP contribution in [0.4, 0.5) is 0 Å². The minimum Gasteiger partial charge on any atom is -0.481 e. The van der Waals surface area contributed by atoms with E-state index in [0.29, 0.717) is 6.42 Å². The van der Waals surface area contributed by atoms with Gasteiger partial charge in [0, 0.05) is 5.71 Å². The number of nitrogens with one attached hydrogen (secondary N) is 1. The molecule has 0 heterocycles. The number of aliphatic carboxylic acids is 1. The molecule has 0 aromatic rings. The fourth-order valence-electron chi connectivity index (χ4n) is 1.04. The fraction of sp³-hybridized carbons (Fsp3) is 0.556. The highest BCUT2D eigenvalue weighted by atomic mass is 16.4. The van der Waals surface area contributed by atoms with Crippen molar-refractivity contribution in [2.45, 2.75) is 26.7 Å². The molecule has 0 rings (SSSR count). The lowest BCUT2D eigenvalue weighted by atomic mass is 10.0. The third-order valence-electron chi connectivity index (χ3n) is 1.45. The molecule has 3 nitrogen and oxygen atoms in total. The van der Waals surface area contributed by atoms with Crippen molar-refractivity contribution in [3.8, 4) is 0 Å². The van der Waals surface area contributed by atoms with E-state index in [0.717, 1.165) is 0 Å². The van der Waals surface area contributed by atoms with Crippen molar-refractivity contribution in [1.29, 1.82) is 5.41 Å². The van der Waals surface area contributed by atoms with E-state index in [1.54, 1.807) is 0 Å². The number of carboxylic acids is 1. The van der Waals surface area contributed by atoms with Crippen LogP contribution in [0.2, 0.25) is 0 Å². The summed E-state index contributed by atoms with van der Waals surface area (Å²) in [4.78, 5) is 10.2. The zero-order valence-electron chi connectivity index (χ0n) is 7.50. The highest BCUT2D eigenvalue weighted by molar-refractivity contribution is 5.96. The molecule has 68 valence electrons. The van der Waals surface area contributed by atoms with Gasteiger partial charge in [-0.1, -0.05) is 19.1 Å². The van der Waals surface area contributed by atoms with Gasteiger partial charge in [0.25, 0.3) is 0 Å². The molecule has 0 aliphatic carbocycles. The number of carbonyl (C=O) groups is 1. The Labute approximate surface area is 72.6 Å². The molecule has 1 atom stereocenters. The Morgan fingerprint density at radius 3 is 2.67 bits per heavy atom. The fourth-order valence-corrected chi connectivity index (χ4v) is 1.04. The molecule has 0 aliphatic heterocycles. The van der Waals surface area contributed by atoms with Gasteiger partial charge in [-0.25, -0.2) is 0 Å². The third-order valence-corrected chi connectivity index (χ3v) is 1.45. The largest absolute Gasteiger partial charge is 0.481 e. The van der Waals surface area contributed by atoms with Crippen molar-refractivity contribution in [2.24, 2.45) is 5.92 Å². The molecular weight excluding hydrogens is 154 g/mol. The van der Waals surface area contributed by atoms with Crippen LogP contribution in [0.25, 0.3) is 0 Å². The van der Waals surface area contributed by atoms with Gasteiger partial charge in [0.2, 0.25) is 0 Å². The normalized spacial score (nSPS) is 13.2. The molecule has 0 saturated heterocycles. The predicted octanol–water partition coefficient (Wildman–Crippen LogP) is 2.08. The number of hydrogen-bond acceptors (Lipinski definition) is 2. The zero-order chi connectivity index (χ0) is 9.56. The lowest BCUT2D eigenvalue weighted by Crippen LogP contribution is -2.08. The van der Waals surface area contributed by atoms with E-state index in [1.807, 2.05) is 26.0 Å². The molecule has 0 spiro atoms. The van der Waals surface area contributed by atoms with Gasteiger partial charge in [0.1, 0.15) is 0 Å². The van der Waals surface area contributed by atoms with Crippen molar-refractivity contribution in [2.75, 3.05) is 0 Å². The quantitative estimate of drug-likeness (QED) is 0.489. The standard InChI is InChI=1S/C9H15NO2/c1-3-4-7(2)5-8(10)6-9(11)12/h3-4,7,10H,5-6H2,1-2H3,(H,11,12). The van der Waals surface area contributed by atoms with Crippen LogP contribution in [0.3, 0.4) is 0 Å². The van der Waals surface area contributed by atoms with E-state index < -0.39 is 5.97 Å². The van der Waals surface area contributed by atoms with E-state index >= 15 is 0 Å². The first kappa shape index (κ1) is 10.9. The molecule has 2 N–H and O–H groups in total. The Kier molecular flexibility index (Phi) is 5.00. The average molecular weight is 169 g/mol. The summed E-state index contributed by atoms with van der Waals surface area (Å²) in [6.45, 7) is 3.88.